The van der Waals surface area contributed by atoms with Crippen LogP contribution in [-0.2, 0) is 16.6 Å². The minimum Gasteiger partial charge on any atom is -0.321 e. The molecule has 0 fully saturated rings. The number of nitrogens with one attached hydrogen (secondary N) is 1. The maximum absolute atomic E-state index is 13.5. The van der Waals surface area contributed by atoms with Crippen molar-refractivity contribution in [1.29, 1.82) is 0 Å². The van der Waals surface area contributed by atoms with Gasteiger partial charge in [-0.3, -0.25) is 9.10 Å². The van der Waals surface area contributed by atoms with E-state index in [-0.39, 0.29) is 17.3 Å². The molecule has 0 aliphatic heterocycles. The number of hydrogen-bond donors (Lipinski definition) is 1. The summed E-state index contributed by atoms with van der Waals surface area (Å²) in [5.41, 5.74) is 2.62. The quantitative estimate of drug-likeness (QED) is 0.267. The summed E-state index contributed by atoms with van der Waals surface area (Å²) in [6.07, 6.45) is 0. The Morgan fingerprint density at radius 3 is 2.06 bits per heavy atom. The van der Waals surface area contributed by atoms with E-state index in [0.29, 0.717) is 11.3 Å². The second kappa shape index (κ2) is 11.3. The Balaban J connectivity index is 1.56. The lowest BCUT2D eigenvalue weighted by molar-refractivity contribution is 0.102. The van der Waals surface area contributed by atoms with E-state index in [1.165, 1.54) is 4.31 Å². The van der Waals surface area contributed by atoms with Gasteiger partial charge in [0.25, 0.3) is 15.9 Å². The molecule has 1 amide bonds. The molecule has 5 nitrogen and oxygen atoms in total. The summed E-state index contributed by atoms with van der Waals surface area (Å²) in [6.45, 7) is 2.21. The van der Waals surface area contributed by atoms with Crippen molar-refractivity contribution in [2.45, 2.75) is 23.3 Å². The third-order valence-corrected chi connectivity index (χ3v) is 8.10. The van der Waals surface area contributed by atoms with Gasteiger partial charge in [-0.15, -0.1) is 11.8 Å². The van der Waals surface area contributed by atoms with Gasteiger partial charge >= 0.3 is 0 Å². The maximum Gasteiger partial charge on any atom is 0.264 e. The van der Waals surface area contributed by atoms with Gasteiger partial charge in [0.1, 0.15) is 0 Å². The average molecular weight is 503 g/mol. The van der Waals surface area contributed by atoms with E-state index in [9.17, 15) is 13.2 Å². The molecule has 0 aliphatic carbocycles. The number of hydrogen-bond acceptors (Lipinski definition) is 4. The Morgan fingerprint density at radius 1 is 0.800 bits per heavy atom. The Morgan fingerprint density at radius 2 is 1.40 bits per heavy atom. The zero-order valence-corrected chi connectivity index (χ0v) is 20.9. The van der Waals surface area contributed by atoms with Crippen LogP contribution in [-0.4, -0.2) is 20.1 Å². The van der Waals surface area contributed by atoms with Crippen molar-refractivity contribution in [3.05, 3.63) is 120 Å². The molecular weight excluding hydrogens is 476 g/mol. The van der Waals surface area contributed by atoms with Crippen LogP contribution >= 0.6 is 11.8 Å². The number of sulfonamides is 1. The Labute approximate surface area is 210 Å². The molecule has 0 heterocycles. The Kier molecular flexibility index (Phi) is 7.90. The summed E-state index contributed by atoms with van der Waals surface area (Å²) in [4.78, 5) is 14.1. The minimum atomic E-state index is -3.78. The topological polar surface area (TPSA) is 66.5 Å². The maximum atomic E-state index is 13.5. The highest BCUT2D eigenvalue weighted by Crippen LogP contribution is 2.28. The van der Waals surface area contributed by atoms with Crippen molar-refractivity contribution in [3.63, 3.8) is 0 Å². The predicted molar refractivity (Wildman–Crippen MR) is 143 cm³/mol. The fraction of sp³-hybridized carbons (Fsp3) is 0.107. The van der Waals surface area contributed by atoms with Crippen molar-refractivity contribution in [3.8, 4) is 0 Å². The number of thioether (sulfide) groups is 1. The number of nitrogens with zero attached hydrogens (tertiary/aromatic N) is 1. The largest absolute Gasteiger partial charge is 0.321 e. The SMILES string of the molecule is CCSc1ccccc1NC(=O)c1ccc(CN(c2ccccc2)S(=O)(=O)c2ccccc2)cc1. The van der Waals surface area contributed by atoms with Gasteiger partial charge in [-0.25, -0.2) is 8.42 Å². The van der Waals surface area contributed by atoms with Crippen molar-refractivity contribution < 1.29 is 13.2 Å². The minimum absolute atomic E-state index is 0.138. The van der Waals surface area contributed by atoms with E-state index in [2.05, 4.69) is 12.2 Å². The van der Waals surface area contributed by atoms with E-state index < -0.39 is 10.0 Å². The number of para-hydroxylation sites is 2. The first-order valence-electron chi connectivity index (χ1n) is 11.2. The molecule has 0 bridgehead atoms. The molecule has 0 atom stereocenters. The van der Waals surface area contributed by atoms with E-state index in [1.807, 2.05) is 42.5 Å². The summed E-state index contributed by atoms with van der Waals surface area (Å²) in [7, 11) is -3.78. The molecule has 0 unspecified atom stereocenters. The lowest BCUT2D eigenvalue weighted by Crippen LogP contribution is -2.30. The van der Waals surface area contributed by atoms with Crippen LogP contribution < -0.4 is 9.62 Å². The second-order valence-corrected chi connectivity index (χ2v) is 10.9. The molecule has 0 aliphatic rings. The highest BCUT2D eigenvalue weighted by molar-refractivity contribution is 7.99. The van der Waals surface area contributed by atoms with Crippen LogP contribution in [0.5, 0.6) is 0 Å². The zero-order chi connectivity index (χ0) is 24.7. The molecule has 4 aromatic rings. The second-order valence-electron chi connectivity index (χ2n) is 7.74. The van der Waals surface area contributed by atoms with Gasteiger partial charge in [0, 0.05) is 10.5 Å². The first kappa shape index (κ1) is 24.6. The lowest BCUT2D eigenvalue weighted by atomic mass is 10.1. The fourth-order valence-electron chi connectivity index (χ4n) is 3.60. The molecule has 178 valence electrons. The molecule has 1 N–H and O–H groups in total. The molecule has 7 heteroatoms. The summed E-state index contributed by atoms with van der Waals surface area (Å²) in [6, 6.07) is 32.1. The van der Waals surface area contributed by atoms with Gasteiger partial charge in [-0.2, -0.15) is 0 Å². The molecule has 35 heavy (non-hydrogen) atoms. The first-order valence-corrected chi connectivity index (χ1v) is 13.7. The highest BCUT2D eigenvalue weighted by atomic mass is 32.2. The van der Waals surface area contributed by atoms with Crippen LogP contribution in [0.25, 0.3) is 0 Å². The molecule has 0 saturated carbocycles. The van der Waals surface area contributed by atoms with E-state index in [1.54, 1.807) is 78.5 Å². The van der Waals surface area contributed by atoms with E-state index >= 15 is 0 Å². The van der Waals surface area contributed by atoms with Gasteiger partial charge in [0.2, 0.25) is 0 Å². The molecule has 0 aromatic heterocycles. The summed E-state index contributed by atoms with van der Waals surface area (Å²) >= 11 is 1.67. The van der Waals surface area contributed by atoms with Crippen LogP contribution in [0.3, 0.4) is 0 Å². The average Bonchev–Trinajstić information content (AvgIpc) is 2.90. The summed E-state index contributed by atoms with van der Waals surface area (Å²) in [5.74, 6) is 0.697. The summed E-state index contributed by atoms with van der Waals surface area (Å²) < 4.78 is 28.3. The van der Waals surface area contributed by atoms with Crippen LogP contribution in [0, 0.1) is 0 Å². The van der Waals surface area contributed by atoms with Crippen LogP contribution in [0.15, 0.2) is 119 Å². The summed E-state index contributed by atoms with van der Waals surface area (Å²) in [5, 5.41) is 2.98. The third-order valence-electron chi connectivity index (χ3n) is 5.35. The molecule has 4 aromatic carbocycles. The molecule has 0 spiro atoms. The smallest absolute Gasteiger partial charge is 0.264 e. The standard InChI is InChI=1S/C28H26N2O3S2/c1-2-34-27-16-10-9-15-26(27)29-28(31)23-19-17-22(18-20-23)21-30(24-11-5-3-6-12-24)35(32,33)25-13-7-4-8-14-25/h3-20H,2,21H2,1H3,(H,29,31). The number of carbonyl (C=O) groups excluding carboxylic acids is 1. The number of rotatable bonds is 9. The molecule has 0 saturated heterocycles. The van der Waals surface area contributed by atoms with Crippen molar-refractivity contribution in [1.82, 2.24) is 0 Å². The highest BCUT2D eigenvalue weighted by Gasteiger charge is 2.25. The van der Waals surface area contributed by atoms with Crippen LogP contribution in [0.1, 0.15) is 22.8 Å². The number of amides is 1. The molecule has 4 rings (SSSR count). The number of benzene rings is 4. The first-order chi connectivity index (χ1) is 17.0. The molecular formula is C28H26N2O3S2. The van der Waals surface area contributed by atoms with Gasteiger partial charge in [-0.05, 0) is 59.8 Å². The van der Waals surface area contributed by atoms with Gasteiger partial charge in [-0.1, -0.05) is 67.6 Å². The Bertz CT molecular complexity index is 1370. The van der Waals surface area contributed by atoms with Crippen LogP contribution in [0.4, 0.5) is 11.4 Å². The predicted octanol–water partition coefficient (Wildman–Crippen LogP) is 6.45. The number of carbonyl (C=O) groups is 1. The third kappa shape index (κ3) is 5.93. The Hall–Kier alpha value is -3.55. The fourth-order valence-corrected chi connectivity index (χ4v) is 5.84. The van der Waals surface area contributed by atoms with Gasteiger partial charge < -0.3 is 5.32 Å². The van der Waals surface area contributed by atoms with E-state index in [4.69, 9.17) is 0 Å². The molecule has 0 radical (unpaired) electrons. The van der Waals surface area contributed by atoms with Gasteiger partial charge in [0.15, 0.2) is 0 Å². The van der Waals surface area contributed by atoms with Crippen molar-refractivity contribution in [2.24, 2.45) is 0 Å². The van der Waals surface area contributed by atoms with Crippen LogP contribution in [0.2, 0.25) is 0 Å². The number of anilines is 2. The zero-order valence-electron chi connectivity index (χ0n) is 19.3. The lowest BCUT2D eigenvalue weighted by Gasteiger charge is -2.25. The normalized spacial score (nSPS) is 11.1. The monoisotopic (exact) mass is 502 g/mol. The van der Waals surface area contributed by atoms with E-state index in [0.717, 1.165) is 21.9 Å². The van der Waals surface area contributed by atoms with Crippen molar-refractivity contribution >= 4 is 39.1 Å². The van der Waals surface area contributed by atoms with Gasteiger partial charge in [0.05, 0.1) is 22.8 Å². The van der Waals surface area contributed by atoms with Crippen molar-refractivity contribution in [2.75, 3.05) is 15.4 Å².